The summed E-state index contributed by atoms with van der Waals surface area (Å²) >= 11 is 1.86. The van der Waals surface area contributed by atoms with Gasteiger partial charge in [0.15, 0.2) is 0 Å². The Kier molecular flexibility index (Phi) is 6.47. The third-order valence-corrected chi connectivity index (χ3v) is 6.79. The second-order valence-corrected chi connectivity index (χ2v) is 9.05. The van der Waals surface area contributed by atoms with Gasteiger partial charge in [0, 0.05) is 46.4 Å². The van der Waals surface area contributed by atoms with Gasteiger partial charge in [-0.2, -0.15) is 0 Å². The Bertz CT molecular complexity index is 1210. The number of carbonyl (C=O) groups is 1. The van der Waals surface area contributed by atoms with Crippen molar-refractivity contribution in [1.82, 2.24) is 9.88 Å². The summed E-state index contributed by atoms with van der Waals surface area (Å²) in [6, 6.07) is 23.1. The summed E-state index contributed by atoms with van der Waals surface area (Å²) in [5.41, 5.74) is 6.87. The number of para-hydroxylation sites is 1. The average molecular weight is 429 g/mol. The zero-order valence-corrected chi connectivity index (χ0v) is 19.1. The summed E-state index contributed by atoms with van der Waals surface area (Å²) in [7, 11) is 0. The number of rotatable bonds is 7. The van der Waals surface area contributed by atoms with Gasteiger partial charge in [0.05, 0.1) is 0 Å². The van der Waals surface area contributed by atoms with Crippen LogP contribution in [0.4, 0.5) is 0 Å². The van der Waals surface area contributed by atoms with Gasteiger partial charge in [0.25, 0.3) is 5.91 Å². The molecule has 0 fully saturated rings. The number of hydrogen-bond acceptors (Lipinski definition) is 2. The minimum atomic E-state index is -0.0199. The number of thioether (sulfide) groups is 1. The fourth-order valence-corrected chi connectivity index (χ4v) is 4.68. The summed E-state index contributed by atoms with van der Waals surface area (Å²) in [5.74, 6) is 0.922. The third-order valence-electron chi connectivity index (χ3n) is 5.67. The van der Waals surface area contributed by atoms with Gasteiger partial charge in [-0.15, -0.1) is 11.8 Å². The highest BCUT2D eigenvalue weighted by Gasteiger charge is 2.10. The fourth-order valence-electron chi connectivity index (χ4n) is 3.63. The molecule has 1 heterocycles. The zero-order valence-electron chi connectivity index (χ0n) is 18.3. The average Bonchev–Trinajstić information content (AvgIpc) is 3.13. The summed E-state index contributed by atoms with van der Waals surface area (Å²) in [6.07, 6.45) is 2.21. The van der Waals surface area contributed by atoms with E-state index in [1.54, 1.807) is 0 Å². The number of nitrogens with one attached hydrogen (secondary N) is 1. The largest absolute Gasteiger partial charge is 0.350 e. The van der Waals surface area contributed by atoms with Gasteiger partial charge in [-0.25, -0.2) is 0 Å². The monoisotopic (exact) mass is 428 g/mol. The highest BCUT2D eigenvalue weighted by atomic mass is 32.2. The Morgan fingerprint density at radius 3 is 2.48 bits per heavy atom. The molecule has 3 aromatic carbocycles. The van der Waals surface area contributed by atoms with E-state index < -0.39 is 0 Å². The Balaban J connectivity index is 1.43. The normalized spacial score (nSPS) is 11.1. The van der Waals surface area contributed by atoms with Crippen molar-refractivity contribution < 1.29 is 4.79 Å². The SMILES string of the molecule is Cc1ccc(CSc2cn(CCNC(=O)c3ccc(C)c(C)c3)c3ccccc23)cc1. The lowest BCUT2D eigenvalue weighted by Gasteiger charge is -2.09. The third kappa shape index (κ3) is 5.02. The molecule has 1 N–H and O–H groups in total. The van der Waals surface area contributed by atoms with Crippen molar-refractivity contribution in [2.45, 2.75) is 38.0 Å². The summed E-state index contributed by atoms with van der Waals surface area (Å²) < 4.78 is 2.24. The molecule has 0 aliphatic rings. The van der Waals surface area contributed by atoms with Crippen molar-refractivity contribution in [3.63, 3.8) is 0 Å². The molecule has 31 heavy (non-hydrogen) atoms. The predicted octanol–water partition coefficient (Wildman–Crippen LogP) is 6.29. The van der Waals surface area contributed by atoms with E-state index in [0.29, 0.717) is 6.54 Å². The molecule has 0 aliphatic carbocycles. The summed E-state index contributed by atoms with van der Waals surface area (Å²) in [6.45, 7) is 7.54. The standard InChI is InChI=1S/C27H28N2OS/c1-19-8-11-22(12-9-19)18-31-26-17-29(25-7-5-4-6-24(25)26)15-14-28-27(30)23-13-10-20(2)21(3)16-23/h4-13,16-17H,14-15,18H2,1-3H3,(H,28,30). The van der Waals surface area contributed by atoms with Crippen LogP contribution in [0.25, 0.3) is 10.9 Å². The number of nitrogens with zero attached hydrogens (tertiary/aromatic N) is 1. The fraction of sp³-hybridized carbons (Fsp3) is 0.222. The Hall–Kier alpha value is -2.98. The maximum absolute atomic E-state index is 12.5. The lowest BCUT2D eigenvalue weighted by molar-refractivity contribution is 0.0952. The van der Waals surface area contributed by atoms with Crippen LogP contribution < -0.4 is 5.32 Å². The molecule has 0 saturated carbocycles. The molecule has 0 saturated heterocycles. The Morgan fingerprint density at radius 1 is 0.935 bits per heavy atom. The van der Waals surface area contributed by atoms with Crippen LogP contribution in [0.3, 0.4) is 0 Å². The van der Waals surface area contributed by atoms with Gasteiger partial charge in [-0.3, -0.25) is 4.79 Å². The maximum atomic E-state index is 12.5. The maximum Gasteiger partial charge on any atom is 0.251 e. The molecular weight excluding hydrogens is 400 g/mol. The Labute approximate surface area is 188 Å². The first-order valence-corrected chi connectivity index (χ1v) is 11.6. The van der Waals surface area contributed by atoms with E-state index in [4.69, 9.17) is 0 Å². The number of benzene rings is 3. The molecule has 3 nitrogen and oxygen atoms in total. The number of hydrogen-bond donors (Lipinski definition) is 1. The zero-order chi connectivity index (χ0) is 21.8. The molecule has 0 spiro atoms. The number of fused-ring (bicyclic) bond motifs is 1. The number of aryl methyl sites for hydroxylation is 3. The second kappa shape index (κ2) is 9.44. The van der Waals surface area contributed by atoms with E-state index in [0.717, 1.165) is 23.4 Å². The van der Waals surface area contributed by atoms with E-state index in [9.17, 15) is 4.79 Å². The smallest absolute Gasteiger partial charge is 0.251 e. The van der Waals surface area contributed by atoms with E-state index >= 15 is 0 Å². The molecule has 4 heteroatoms. The van der Waals surface area contributed by atoms with Crippen LogP contribution in [0.2, 0.25) is 0 Å². The van der Waals surface area contributed by atoms with E-state index in [1.807, 2.05) is 36.9 Å². The minimum absolute atomic E-state index is 0.0199. The first-order valence-electron chi connectivity index (χ1n) is 10.6. The van der Waals surface area contributed by atoms with Crippen LogP contribution >= 0.6 is 11.8 Å². The van der Waals surface area contributed by atoms with Crippen LogP contribution in [0.15, 0.2) is 77.8 Å². The lowest BCUT2D eigenvalue weighted by atomic mass is 10.1. The van der Waals surface area contributed by atoms with Crippen LogP contribution in [-0.4, -0.2) is 17.0 Å². The van der Waals surface area contributed by atoms with Crippen molar-refractivity contribution in [2.24, 2.45) is 0 Å². The van der Waals surface area contributed by atoms with E-state index in [1.165, 1.54) is 32.5 Å². The van der Waals surface area contributed by atoms with Crippen molar-refractivity contribution in [1.29, 1.82) is 0 Å². The van der Waals surface area contributed by atoms with Gasteiger partial charge >= 0.3 is 0 Å². The lowest BCUT2D eigenvalue weighted by Crippen LogP contribution is -2.27. The molecule has 0 aliphatic heterocycles. The topological polar surface area (TPSA) is 34.0 Å². The highest BCUT2D eigenvalue weighted by Crippen LogP contribution is 2.32. The molecule has 4 rings (SSSR count). The van der Waals surface area contributed by atoms with Crippen LogP contribution in [0, 0.1) is 20.8 Å². The van der Waals surface area contributed by atoms with Gasteiger partial charge in [-0.05, 0) is 55.7 Å². The van der Waals surface area contributed by atoms with Gasteiger partial charge < -0.3 is 9.88 Å². The van der Waals surface area contributed by atoms with Crippen molar-refractivity contribution in [3.05, 3.63) is 101 Å². The molecule has 158 valence electrons. The molecule has 0 atom stereocenters. The van der Waals surface area contributed by atoms with Gasteiger partial charge in [-0.1, -0.05) is 54.1 Å². The van der Waals surface area contributed by atoms with Crippen molar-refractivity contribution in [3.8, 4) is 0 Å². The first kappa shape index (κ1) is 21.3. The summed E-state index contributed by atoms with van der Waals surface area (Å²) in [4.78, 5) is 13.8. The molecule has 0 radical (unpaired) electrons. The first-order chi connectivity index (χ1) is 15.0. The molecule has 0 bridgehead atoms. The highest BCUT2D eigenvalue weighted by molar-refractivity contribution is 7.98. The summed E-state index contributed by atoms with van der Waals surface area (Å²) in [5, 5.41) is 4.33. The predicted molar refractivity (Wildman–Crippen MR) is 131 cm³/mol. The quantitative estimate of drug-likeness (QED) is 0.351. The van der Waals surface area contributed by atoms with Gasteiger partial charge in [0.2, 0.25) is 0 Å². The van der Waals surface area contributed by atoms with Crippen LogP contribution in [0.1, 0.15) is 32.6 Å². The molecule has 4 aromatic rings. The van der Waals surface area contributed by atoms with E-state index in [2.05, 4.69) is 78.5 Å². The molecule has 1 amide bonds. The molecule has 0 unspecified atom stereocenters. The van der Waals surface area contributed by atoms with Crippen molar-refractivity contribution in [2.75, 3.05) is 6.54 Å². The number of carbonyl (C=O) groups excluding carboxylic acids is 1. The molecular formula is C27H28N2OS. The number of amides is 1. The molecule has 1 aromatic heterocycles. The van der Waals surface area contributed by atoms with Gasteiger partial charge in [0.1, 0.15) is 0 Å². The van der Waals surface area contributed by atoms with E-state index in [-0.39, 0.29) is 5.91 Å². The second-order valence-electron chi connectivity index (χ2n) is 8.03. The van der Waals surface area contributed by atoms with Crippen LogP contribution in [-0.2, 0) is 12.3 Å². The number of aromatic nitrogens is 1. The minimum Gasteiger partial charge on any atom is -0.350 e. The van der Waals surface area contributed by atoms with Crippen molar-refractivity contribution >= 4 is 28.6 Å². The Morgan fingerprint density at radius 2 is 1.71 bits per heavy atom. The van der Waals surface area contributed by atoms with Crippen LogP contribution in [0.5, 0.6) is 0 Å².